The topological polar surface area (TPSA) is 38.4 Å². The SMILES string of the molecule is CC/C=C\C(N)=N[C@H]1CC[C@H](CC)C1. The molecule has 2 atom stereocenters. The van der Waals surface area contributed by atoms with Gasteiger partial charge in [-0.05, 0) is 37.7 Å². The zero-order valence-electron chi connectivity index (χ0n) is 9.37. The van der Waals surface area contributed by atoms with Gasteiger partial charge in [-0.2, -0.15) is 0 Å². The van der Waals surface area contributed by atoms with E-state index in [1.165, 1.54) is 25.7 Å². The van der Waals surface area contributed by atoms with Gasteiger partial charge < -0.3 is 5.73 Å². The highest BCUT2D eigenvalue weighted by molar-refractivity contribution is 5.91. The number of amidine groups is 1. The van der Waals surface area contributed by atoms with Crippen LogP contribution in [0.15, 0.2) is 17.1 Å². The summed E-state index contributed by atoms with van der Waals surface area (Å²) in [5.74, 6) is 1.58. The van der Waals surface area contributed by atoms with E-state index in [2.05, 4.69) is 24.9 Å². The Morgan fingerprint density at radius 1 is 1.43 bits per heavy atom. The van der Waals surface area contributed by atoms with Crippen LogP contribution in [0.3, 0.4) is 0 Å². The number of rotatable bonds is 4. The lowest BCUT2D eigenvalue weighted by molar-refractivity contribution is 0.521. The van der Waals surface area contributed by atoms with E-state index in [0.29, 0.717) is 11.9 Å². The summed E-state index contributed by atoms with van der Waals surface area (Å²) in [4.78, 5) is 4.52. The van der Waals surface area contributed by atoms with E-state index in [1.54, 1.807) is 0 Å². The van der Waals surface area contributed by atoms with E-state index < -0.39 is 0 Å². The van der Waals surface area contributed by atoms with Crippen molar-refractivity contribution >= 4 is 5.84 Å². The third kappa shape index (κ3) is 3.52. The van der Waals surface area contributed by atoms with Gasteiger partial charge in [0.25, 0.3) is 0 Å². The normalized spacial score (nSPS) is 28.9. The van der Waals surface area contributed by atoms with Crippen LogP contribution in [0.5, 0.6) is 0 Å². The van der Waals surface area contributed by atoms with Gasteiger partial charge in [0.2, 0.25) is 0 Å². The molecule has 80 valence electrons. The molecule has 0 saturated heterocycles. The first-order valence-electron chi connectivity index (χ1n) is 5.76. The second kappa shape index (κ2) is 5.84. The quantitative estimate of drug-likeness (QED) is 0.542. The molecular formula is C12H22N2. The molecule has 2 heteroatoms. The van der Waals surface area contributed by atoms with E-state index in [0.717, 1.165) is 12.3 Å². The molecule has 0 aromatic rings. The summed E-state index contributed by atoms with van der Waals surface area (Å²) < 4.78 is 0. The number of hydrogen-bond acceptors (Lipinski definition) is 1. The molecule has 0 radical (unpaired) electrons. The lowest BCUT2D eigenvalue weighted by atomic mass is 10.1. The molecule has 0 spiro atoms. The molecule has 0 amide bonds. The first-order chi connectivity index (χ1) is 6.76. The van der Waals surface area contributed by atoms with Crippen LogP contribution in [0, 0.1) is 5.92 Å². The predicted molar refractivity (Wildman–Crippen MR) is 62.5 cm³/mol. The number of nitrogens with zero attached hydrogens (tertiary/aromatic N) is 1. The van der Waals surface area contributed by atoms with E-state index >= 15 is 0 Å². The minimum atomic E-state index is 0.487. The molecule has 0 unspecified atom stereocenters. The standard InChI is InChI=1S/C12H22N2/c1-3-5-6-12(13)14-11-8-7-10(4-2)9-11/h5-6,10-11H,3-4,7-9H2,1-2H3,(H2,13,14)/b6-5-/t10-,11-/m0/s1. The highest BCUT2D eigenvalue weighted by Crippen LogP contribution is 2.29. The minimum Gasteiger partial charge on any atom is -0.384 e. The van der Waals surface area contributed by atoms with Crippen molar-refractivity contribution < 1.29 is 0 Å². The van der Waals surface area contributed by atoms with Gasteiger partial charge in [-0.15, -0.1) is 0 Å². The predicted octanol–water partition coefficient (Wildman–Crippen LogP) is 2.89. The zero-order chi connectivity index (χ0) is 10.4. The van der Waals surface area contributed by atoms with Gasteiger partial charge in [0.15, 0.2) is 0 Å². The number of hydrogen-bond donors (Lipinski definition) is 1. The summed E-state index contributed by atoms with van der Waals surface area (Å²) in [6, 6.07) is 0.487. The van der Waals surface area contributed by atoms with Crippen LogP contribution in [-0.4, -0.2) is 11.9 Å². The summed E-state index contributed by atoms with van der Waals surface area (Å²) in [6.07, 6.45) is 10.1. The fourth-order valence-electron chi connectivity index (χ4n) is 2.03. The lowest BCUT2D eigenvalue weighted by Gasteiger charge is -2.05. The van der Waals surface area contributed by atoms with Crippen molar-refractivity contribution in [2.24, 2.45) is 16.6 Å². The first-order valence-corrected chi connectivity index (χ1v) is 5.76. The molecule has 1 saturated carbocycles. The van der Waals surface area contributed by atoms with E-state index in [1.807, 2.05) is 6.08 Å². The Bertz CT molecular complexity index is 218. The van der Waals surface area contributed by atoms with Crippen LogP contribution in [0.1, 0.15) is 46.0 Å². The van der Waals surface area contributed by atoms with Gasteiger partial charge in [-0.3, -0.25) is 4.99 Å². The summed E-state index contributed by atoms with van der Waals surface area (Å²) in [5, 5.41) is 0. The Morgan fingerprint density at radius 2 is 2.21 bits per heavy atom. The van der Waals surface area contributed by atoms with Crippen LogP contribution < -0.4 is 5.73 Å². The van der Waals surface area contributed by atoms with Gasteiger partial charge in [0.1, 0.15) is 5.84 Å². The van der Waals surface area contributed by atoms with Crippen molar-refractivity contribution in [3.8, 4) is 0 Å². The van der Waals surface area contributed by atoms with Gasteiger partial charge in [0, 0.05) is 0 Å². The molecule has 1 aliphatic carbocycles. The molecule has 1 aliphatic rings. The average Bonchev–Trinajstić information content (AvgIpc) is 2.62. The molecule has 1 fully saturated rings. The Balaban J connectivity index is 2.40. The molecule has 0 aromatic carbocycles. The third-order valence-corrected chi connectivity index (χ3v) is 2.95. The largest absolute Gasteiger partial charge is 0.384 e. The van der Waals surface area contributed by atoms with Gasteiger partial charge >= 0.3 is 0 Å². The van der Waals surface area contributed by atoms with Crippen molar-refractivity contribution in [3.63, 3.8) is 0 Å². The molecule has 14 heavy (non-hydrogen) atoms. The summed E-state index contributed by atoms with van der Waals surface area (Å²) >= 11 is 0. The summed E-state index contributed by atoms with van der Waals surface area (Å²) in [5.41, 5.74) is 5.79. The fourth-order valence-corrected chi connectivity index (χ4v) is 2.03. The summed E-state index contributed by atoms with van der Waals surface area (Å²) in [6.45, 7) is 4.36. The Kier molecular flexibility index (Phi) is 4.71. The number of aliphatic imine (C=N–C) groups is 1. The van der Waals surface area contributed by atoms with Crippen molar-refractivity contribution in [1.82, 2.24) is 0 Å². The van der Waals surface area contributed by atoms with Crippen molar-refractivity contribution in [1.29, 1.82) is 0 Å². The fraction of sp³-hybridized carbons (Fsp3) is 0.750. The smallest absolute Gasteiger partial charge is 0.118 e. The molecule has 0 bridgehead atoms. The highest BCUT2D eigenvalue weighted by atomic mass is 14.9. The van der Waals surface area contributed by atoms with E-state index in [9.17, 15) is 0 Å². The van der Waals surface area contributed by atoms with Crippen LogP contribution >= 0.6 is 0 Å². The first kappa shape index (κ1) is 11.3. The Morgan fingerprint density at radius 3 is 2.79 bits per heavy atom. The highest BCUT2D eigenvalue weighted by Gasteiger charge is 2.22. The monoisotopic (exact) mass is 194 g/mol. The van der Waals surface area contributed by atoms with Crippen LogP contribution in [0.4, 0.5) is 0 Å². The minimum absolute atomic E-state index is 0.487. The number of allylic oxidation sites excluding steroid dienone is 1. The van der Waals surface area contributed by atoms with Gasteiger partial charge in [0.05, 0.1) is 6.04 Å². The van der Waals surface area contributed by atoms with Gasteiger partial charge in [-0.1, -0.05) is 26.3 Å². The van der Waals surface area contributed by atoms with Crippen molar-refractivity contribution in [2.75, 3.05) is 0 Å². The molecule has 2 N–H and O–H groups in total. The second-order valence-electron chi connectivity index (χ2n) is 4.11. The van der Waals surface area contributed by atoms with Crippen LogP contribution in [0.2, 0.25) is 0 Å². The molecule has 0 heterocycles. The Labute approximate surface area is 87.3 Å². The lowest BCUT2D eigenvalue weighted by Crippen LogP contribution is -2.12. The maximum Gasteiger partial charge on any atom is 0.118 e. The maximum absolute atomic E-state index is 5.79. The van der Waals surface area contributed by atoms with E-state index in [-0.39, 0.29) is 0 Å². The van der Waals surface area contributed by atoms with Crippen molar-refractivity contribution in [3.05, 3.63) is 12.2 Å². The molecule has 0 aliphatic heterocycles. The molecule has 2 nitrogen and oxygen atoms in total. The average molecular weight is 194 g/mol. The molecule has 1 rings (SSSR count). The Hall–Kier alpha value is -0.790. The molecule has 0 aromatic heterocycles. The second-order valence-corrected chi connectivity index (χ2v) is 4.11. The third-order valence-electron chi connectivity index (χ3n) is 2.95. The van der Waals surface area contributed by atoms with Crippen LogP contribution in [-0.2, 0) is 0 Å². The molecular weight excluding hydrogens is 172 g/mol. The van der Waals surface area contributed by atoms with Crippen molar-refractivity contribution in [2.45, 2.75) is 52.0 Å². The zero-order valence-corrected chi connectivity index (χ0v) is 9.37. The maximum atomic E-state index is 5.79. The number of nitrogens with two attached hydrogens (primary N) is 1. The van der Waals surface area contributed by atoms with E-state index in [4.69, 9.17) is 5.73 Å². The van der Waals surface area contributed by atoms with Gasteiger partial charge in [-0.25, -0.2) is 0 Å². The van der Waals surface area contributed by atoms with Crippen LogP contribution in [0.25, 0.3) is 0 Å². The summed E-state index contributed by atoms with van der Waals surface area (Å²) in [7, 11) is 0.